The number of methoxy groups -OCH3 is 2. The second kappa shape index (κ2) is 10.2. The number of benzene rings is 1. The van der Waals surface area contributed by atoms with Crippen molar-refractivity contribution in [2.45, 2.75) is 6.54 Å². The van der Waals surface area contributed by atoms with Gasteiger partial charge in [0.15, 0.2) is 0 Å². The molecule has 3 aromatic rings. The number of carbonyl (C=O) groups is 1. The molecule has 1 aromatic carbocycles. The Morgan fingerprint density at radius 3 is 2.67 bits per heavy atom. The maximum atomic E-state index is 13.2. The van der Waals surface area contributed by atoms with Crippen LogP contribution < -0.4 is 15.6 Å². The van der Waals surface area contributed by atoms with Crippen LogP contribution in [0.3, 0.4) is 0 Å². The van der Waals surface area contributed by atoms with Crippen molar-refractivity contribution in [3.05, 3.63) is 75.0 Å². The molecule has 170 valence electrons. The number of fused-ring (bicyclic) bond motifs is 1. The van der Waals surface area contributed by atoms with Gasteiger partial charge in [0.2, 0.25) is 0 Å². The first-order valence-corrected chi connectivity index (χ1v) is 11.4. The first-order valence-electron chi connectivity index (χ1n) is 10.1. The fourth-order valence-electron chi connectivity index (χ4n) is 3.32. The van der Waals surface area contributed by atoms with E-state index in [2.05, 4.69) is 10.3 Å². The third kappa shape index (κ3) is 4.92. The van der Waals surface area contributed by atoms with Crippen molar-refractivity contribution in [1.82, 2.24) is 14.3 Å². The topological polar surface area (TPSA) is 85.2 Å². The number of anilines is 1. The summed E-state index contributed by atoms with van der Waals surface area (Å²) in [6.07, 6.45) is 3.22. The number of nitrogens with zero attached hydrogens (tertiary/aromatic N) is 3. The Morgan fingerprint density at radius 2 is 1.94 bits per heavy atom. The molecule has 1 fully saturated rings. The van der Waals surface area contributed by atoms with E-state index < -0.39 is 0 Å². The second-order valence-electron chi connectivity index (χ2n) is 7.14. The highest BCUT2D eigenvalue weighted by Gasteiger charge is 2.32. The molecule has 1 saturated heterocycles. The predicted molar refractivity (Wildman–Crippen MR) is 134 cm³/mol. The van der Waals surface area contributed by atoms with E-state index in [0.29, 0.717) is 46.0 Å². The first kappa shape index (κ1) is 23.0. The summed E-state index contributed by atoms with van der Waals surface area (Å²) in [5, 5.41) is 3.14. The number of nitrogens with one attached hydrogen (secondary N) is 1. The molecule has 1 aliphatic heterocycles. The van der Waals surface area contributed by atoms with Crippen LogP contribution in [0.2, 0.25) is 0 Å². The summed E-state index contributed by atoms with van der Waals surface area (Å²) in [4.78, 5) is 32.8. The summed E-state index contributed by atoms with van der Waals surface area (Å²) in [6, 6.07) is 12.8. The number of ether oxygens (including phenoxy) is 2. The average molecular weight is 483 g/mol. The summed E-state index contributed by atoms with van der Waals surface area (Å²) in [7, 11) is 3.20. The molecule has 0 atom stereocenters. The van der Waals surface area contributed by atoms with E-state index in [-0.39, 0.29) is 11.5 Å². The molecule has 0 saturated carbocycles. The molecule has 0 spiro atoms. The van der Waals surface area contributed by atoms with Crippen LogP contribution in [-0.2, 0) is 16.1 Å². The zero-order chi connectivity index (χ0) is 23.4. The van der Waals surface area contributed by atoms with Gasteiger partial charge >= 0.3 is 0 Å². The van der Waals surface area contributed by atoms with Crippen LogP contribution in [0.1, 0.15) is 11.1 Å². The third-order valence-corrected chi connectivity index (χ3v) is 6.39. The average Bonchev–Trinajstić information content (AvgIpc) is 3.09. The van der Waals surface area contributed by atoms with Crippen LogP contribution in [-0.4, -0.2) is 51.9 Å². The second-order valence-corrected chi connectivity index (χ2v) is 8.82. The minimum absolute atomic E-state index is 0.249. The molecule has 10 heteroatoms. The molecule has 0 bridgehead atoms. The number of thiocarbonyl (C=S) groups is 1. The third-order valence-electron chi connectivity index (χ3n) is 5.02. The van der Waals surface area contributed by atoms with Crippen molar-refractivity contribution in [3.8, 4) is 5.75 Å². The first-order chi connectivity index (χ1) is 16.0. The SMILES string of the molecule is COCCNc1nc2ccccn2c(=O)c1/C=C1\SC(=S)N(Cc2ccc(OC)cc2)C1=O. The summed E-state index contributed by atoms with van der Waals surface area (Å²) in [5.41, 5.74) is 1.44. The minimum atomic E-state index is -0.277. The van der Waals surface area contributed by atoms with Gasteiger partial charge in [-0.25, -0.2) is 4.98 Å². The number of thioether (sulfide) groups is 1. The fraction of sp³-hybridized carbons (Fsp3) is 0.217. The highest BCUT2D eigenvalue weighted by Crippen LogP contribution is 2.34. The standard InChI is InChI=1S/C23H22N4O4S2/c1-30-12-10-24-20-17(21(28)26-11-4-3-5-19(26)25-20)13-18-22(29)27(23(32)33-18)14-15-6-8-16(31-2)9-7-15/h3-9,11,13,24H,10,12,14H2,1-2H3/b18-13-. The highest BCUT2D eigenvalue weighted by atomic mass is 32.2. The monoisotopic (exact) mass is 482 g/mol. The van der Waals surface area contributed by atoms with Crippen LogP contribution in [0.4, 0.5) is 5.82 Å². The molecular formula is C23H22N4O4S2. The molecule has 33 heavy (non-hydrogen) atoms. The summed E-state index contributed by atoms with van der Waals surface area (Å²) in [5.74, 6) is 0.881. The highest BCUT2D eigenvalue weighted by molar-refractivity contribution is 8.26. The van der Waals surface area contributed by atoms with Gasteiger partial charge in [0.25, 0.3) is 11.5 Å². The molecular weight excluding hydrogens is 460 g/mol. The van der Waals surface area contributed by atoms with Crippen molar-refractivity contribution < 1.29 is 14.3 Å². The molecule has 1 amide bonds. The van der Waals surface area contributed by atoms with Gasteiger partial charge < -0.3 is 14.8 Å². The number of amides is 1. The van der Waals surface area contributed by atoms with Gasteiger partial charge in [-0.2, -0.15) is 0 Å². The quantitative estimate of drug-likeness (QED) is 0.298. The maximum absolute atomic E-state index is 13.2. The summed E-state index contributed by atoms with van der Waals surface area (Å²) in [6.45, 7) is 1.24. The van der Waals surface area contributed by atoms with Gasteiger partial charge in [-0.3, -0.25) is 18.9 Å². The zero-order valence-electron chi connectivity index (χ0n) is 18.1. The molecule has 1 aliphatic rings. The number of hydrogen-bond donors (Lipinski definition) is 1. The maximum Gasteiger partial charge on any atom is 0.267 e. The van der Waals surface area contributed by atoms with Crippen LogP contribution in [0.15, 0.2) is 58.4 Å². The van der Waals surface area contributed by atoms with E-state index in [0.717, 1.165) is 11.3 Å². The smallest absolute Gasteiger partial charge is 0.267 e. The Morgan fingerprint density at radius 1 is 1.15 bits per heavy atom. The number of carbonyl (C=O) groups excluding carboxylic acids is 1. The summed E-state index contributed by atoms with van der Waals surface area (Å²) < 4.78 is 12.2. The van der Waals surface area contributed by atoms with Crippen LogP contribution >= 0.6 is 24.0 Å². The largest absolute Gasteiger partial charge is 0.497 e. The fourth-order valence-corrected chi connectivity index (χ4v) is 4.56. The number of pyridine rings is 1. The van der Waals surface area contributed by atoms with E-state index in [1.807, 2.05) is 30.3 Å². The Hall–Kier alpha value is -3.21. The molecule has 0 unspecified atom stereocenters. The van der Waals surface area contributed by atoms with E-state index in [1.54, 1.807) is 38.6 Å². The van der Waals surface area contributed by atoms with E-state index >= 15 is 0 Å². The van der Waals surface area contributed by atoms with E-state index in [1.165, 1.54) is 21.1 Å². The van der Waals surface area contributed by atoms with E-state index in [9.17, 15) is 9.59 Å². The Kier molecular flexibility index (Phi) is 7.07. The normalized spacial score (nSPS) is 15.0. The molecule has 1 N–H and O–H groups in total. The van der Waals surface area contributed by atoms with Crippen molar-refractivity contribution in [2.75, 3.05) is 32.7 Å². The van der Waals surface area contributed by atoms with Gasteiger partial charge in [-0.05, 0) is 35.9 Å². The van der Waals surface area contributed by atoms with Gasteiger partial charge in [0.1, 0.15) is 21.5 Å². The van der Waals surface area contributed by atoms with Crippen molar-refractivity contribution in [2.24, 2.45) is 0 Å². The number of aromatic nitrogens is 2. The van der Waals surface area contributed by atoms with Gasteiger partial charge in [-0.1, -0.05) is 42.2 Å². The Labute approximate surface area is 200 Å². The molecule has 2 aromatic heterocycles. The zero-order valence-corrected chi connectivity index (χ0v) is 19.7. The lowest BCUT2D eigenvalue weighted by Gasteiger charge is -2.14. The lowest BCUT2D eigenvalue weighted by Crippen LogP contribution is -2.27. The van der Waals surface area contributed by atoms with Crippen LogP contribution in [0.25, 0.3) is 11.7 Å². The van der Waals surface area contributed by atoms with Crippen molar-refractivity contribution >= 4 is 51.7 Å². The molecule has 0 radical (unpaired) electrons. The van der Waals surface area contributed by atoms with Gasteiger partial charge in [0, 0.05) is 19.9 Å². The number of rotatable bonds is 8. The minimum Gasteiger partial charge on any atom is -0.497 e. The van der Waals surface area contributed by atoms with Crippen LogP contribution in [0, 0.1) is 0 Å². The molecule has 3 heterocycles. The Balaban J connectivity index is 1.67. The van der Waals surface area contributed by atoms with Crippen LogP contribution in [0.5, 0.6) is 5.75 Å². The van der Waals surface area contributed by atoms with Crippen molar-refractivity contribution in [3.63, 3.8) is 0 Å². The molecule has 4 rings (SSSR count). The lowest BCUT2D eigenvalue weighted by molar-refractivity contribution is -0.122. The summed E-state index contributed by atoms with van der Waals surface area (Å²) >= 11 is 6.63. The van der Waals surface area contributed by atoms with Crippen molar-refractivity contribution in [1.29, 1.82) is 0 Å². The molecule has 0 aliphatic carbocycles. The number of hydrogen-bond acceptors (Lipinski definition) is 8. The Bertz CT molecular complexity index is 1290. The van der Waals surface area contributed by atoms with Gasteiger partial charge in [0.05, 0.1) is 30.7 Å². The van der Waals surface area contributed by atoms with E-state index in [4.69, 9.17) is 21.7 Å². The predicted octanol–water partition coefficient (Wildman–Crippen LogP) is 3.16. The van der Waals surface area contributed by atoms with Gasteiger partial charge in [-0.15, -0.1) is 0 Å². The molecule has 8 nitrogen and oxygen atoms in total. The lowest BCUT2D eigenvalue weighted by atomic mass is 10.2.